The Morgan fingerprint density at radius 1 is 0.925 bits per heavy atom. The summed E-state index contributed by atoms with van der Waals surface area (Å²) in [5, 5.41) is 28.8. The summed E-state index contributed by atoms with van der Waals surface area (Å²) in [6.07, 6.45) is 2.29. The van der Waals surface area contributed by atoms with Gasteiger partial charge in [0.25, 0.3) is 0 Å². The second kappa shape index (κ2) is 19.6. The van der Waals surface area contributed by atoms with E-state index in [0.717, 1.165) is 5.56 Å². The number of rotatable bonds is 19. The number of carboxylic acid groups (broad SMARTS) is 1. The first-order chi connectivity index (χ1) is 25.0. The van der Waals surface area contributed by atoms with Crippen LogP contribution < -0.4 is 27.4 Å². The fraction of sp³-hybridized carbons (Fsp3) is 0.474. The van der Waals surface area contributed by atoms with Crippen molar-refractivity contribution in [3.63, 3.8) is 0 Å². The van der Waals surface area contributed by atoms with Crippen molar-refractivity contribution in [1.82, 2.24) is 25.9 Å². The molecule has 0 spiro atoms. The van der Waals surface area contributed by atoms with Gasteiger partial charge in [0.2, 0.25) is 17.7 Å². The van der Waals surface area contributed by atoms with Gasteiger partial charge in [-0.1, -0.05) is 56.7 Å². The molecule has 0 fully saturated rings. The number of hydrogen-bond donors (Lipinski definition) is 8. The van der Waals surface area contributed by atoms with Crippen LogP contribution in [0.2, 0.25) is 0 Å². The van der Waals surface area contributed by atoms with Crippen LogP contribution in [0.4, 0.5) is 0 Å². The maximum absolute atomic E-state index is 13.9. The van der Waals surface area contributed by atoms with Crippen LogP contribution >= 0.6 is 0 Å². The van der Waals surface area contributed by atoms with Gasteiger partial charge in [-0.2, -0.15) is 0 Å². The lowest BCUT2D eigenvalue weighted by Gasteiger charge is -2.29. The highest BCUT2D eigenvalue weighted by atomic mass is 16.6. The predicted octanol–water partition coefficient (Wildman–Crippen LogP) is 1.52. The molecule has 6 atom stereocenters. The summed E-state index contributed by atoms with van der Waals surface area (Å²) in [6.45, 7) is 8.78. The number of imidazole rings is 1. The van der Waals surface area contributed by atoms with Gasteiger partial charge in [0.05, 0.1) is 29.7 Å². The number of aliphatic hydroxyl groups excluding tert-OH is 1. The molecule has 2 unspecified atom stereocenters. The van der Waals surface area contributed by atoms with Crippen molar-refractivity contribution in [2.45, 2.75) is 109 Å². The number of aromatic nitrogens is 2. The molecule has 15 heteroatoms. The maximum atomic E-state index is 13.9. The molecule has 3 aromatic rings. The Labute approximate surface area is 309 Å². The molecule has 10 N–H and O–H groups in total. The number of esters is 1. The normalized spacial score (nSPS) is 14.9. The number of aromatic amines is 1. The highest BCUT2D eigenvalue weighted by molar-refractivity contribution is 5.94. The molecule has 0 aliphatic heterocycles. The molecular formula is C38H53N7O8. The van der Waals surface area contributed by atoms with Gasteiger partial charge in [-0.05, 0) is 74.8 Å². The summed E-state index contributed by atoms with van der Waals surface area (Å²) in [4.78, 5) is 72.7. The minimum absolute atomic E-state index is 0.0130. The van der Waals surface area contributed by atoms with Crippen LogP contribution in [0.3, 0.4) is 0 Å². The number of nitrogens with zero attached hydrogens (tertiary/aromatic N) is 1. The smallest absolute Gasteiger partial charge is 0.338 e. The molecule has 53 heavy (non-hydrogen) atoms. The largest absolute Gasteiger partial charge is 0.480 e. The van der Waals surface area contributed by atoms with Gasteiger partial charge in [0, 0.05) is 19.2 Å². The summed E-state index contributed by atoms with van der Waals surface area (Å²) in [5.41, 5.74) is 14.4. The molecule has 1 aromatic heterocycles. The van der Waals surface area contributed by atoms with Crippen LogP contribution in [0.1, 0.15) is 80.2 Å². The molecule has 1 heterocycles. The van der Waals surface area contributed by atoms with Crippen LogP contribution in [0.5, 0.6) is 0 Å². The van der Waals surface area contributed by atoms with Gasteiger partial charge < -0.3 is 47.4 Å². The molecule has 0 saturated heterocycles. The van der Waals surface area contributed by atoms with Crippen LogP contribution in [0.15, 0.2) is 61.1 Å². The van der Waals surface area contributed by atoms with E-state index in [1.807, 2.05) is 30.3 Å². The van der Waals surface area contributed by atoms with Gasteiger partial charge in [-0.3, -0.25) is 14.4 Å². The zero-order valence-corrected chi connectivity index (χ0v) is 30.9. The van der Waals surface area contributed by atoms with Crippen LogP contribution in [0, 0.1) is 5.92 Å². The van der Waals surface area contributed by atoms with E-state index in [1.165, 1.54) is 12.5 Å². The number of carbonyl (C=O) groups excluding carboxylic acids is 4. The van der Waals surface area contributed by atoms with Crippen LogP contribution in [-0.4, -0.2) is 85.7 Å². The fourth-order valence-electron chi connectivity index (χ4n) is 5.55. The lowest BCUT2D eigenvalue weighted by molar-refractivity contribution is -0.144. The van der Waals surface area contributed by atoms with E-state index < -0.39 is 71.5 Å². The Morgan fingerprint density at radius 3 is 2.19 bits per heavy atom. The quantitative estimate of drug-likeness (QED) is 0.0820. The zero-order chi connectivity index (χ0) is 39.3. The van der Waals surface area contributed by atoms with Gasteiger partial charge in [-0.15, -0.1) is 0 Å². The SMILES string of the molecule is CC[C@H](C)[C@H](NC(=O)C(NC(=O)[C@H](Cc1c[nH]cn1)NC(=O)[C@@H](N)Cc1ccc(C(=O)OC(C)(C)C)cc1CN)C(O)CCc1ccccc1)C(=O)O. The number of amides is 3. The number of ether oxygens (including phenoxy) is 1. The molecular weight excluding hydrogens is 682 g/mol. The Kier molecular flexibility index (Phi) is 15.7. The number of aryl methyl sites for hydroxylation is 1. The van der Waals surface area contributed by atoms with Crippen molar-refractivity contribution in [2.24, 2.45) is 17.4 Å². The average Bonchev–Trinajstić information content (AvgIpc) is 3.63. The summed E-state index contributed by atoms with van der Waals surface area (Å²) < 4.78 is 5.45. The molecule has 0 aliphatic carbocycles. The third kappa shape index (κ3) is 13.1. The Bertz CT molecular complexity index is 1680. The first-order valence-corrected chi connectivity index (χ1v) is 17.7. The number of nitrogens with one attached hydrogen (secondary N) is 4. The molecule has 0 radical (unpaired) electrons. The lowest BCUT2D eigenvalue weighted by atomic mass is 9.96. The van der Waals surface area contributed by atoms with Crippen LogP contribution in [0.25, 0.3) is 0 Å². The number of H-pyrrole nitrogens is 1. The van der Waals surface area contributed by atoms with Crippen molar-refractivity contribution in [3.05, 3.63) is 89.0 Å². The van der Waals surface area contributed by atoms with Crippen molar-refractivity contribution in [3.8, 4) is 0 Å². The molecule has 3 amide bonds. The first kappa shape index (κ1) is 42.3. The van der Waals surface area contributed by atoms with Crippen LogP contribution in [-0.2, 0) is 49.7 Å². The number of aliphatic hydroxyl groups is 1. The molecule has 0 saturated carbocycles. The zero-order valence-electron chi connectivity index (χ0n) is 30.9. The number of carbonyl (C=O) groups is 5. The topological polar surface area (TPSA) is 252 Å². The Morgan fingerprint density at radius 2 is 1.60 bits per heavy atom. The Balaban J connectivity index is 1.83. The average molecular weight is 736 g/mol. The standard InChI is InChI=1S/C38H53N7O8/c1-6-22(2)31(36(50)51)44-35(49)32(30(46)15-12-23-10-8-7-9-11-23)45-34(48)29(18-27-20-41-21-42-27)43-33(47)28(40)17-24-13-14-25(16-26(24)19-39)37(52)53-38(3,4)5/h7-11,13-14,16,20-22,28-32,46H,6,12,15,17-19,39-40H2,1-5H3,(H,41,42)(H,43,47)(H,44,49)(H,45,48)(H,50,51)/t22-,28-,29-,30?,31-,32?/m0/s1. The van der Waals surface area contributed by atoms with Crippen molar-refractivity contribution in [1.29, 1.82) is 0 Å². The Hall–Kier alpha value is -5.12. The number of hydrogen-bond acceptors (Lipinski definition) is 10. The molecule has 3 rings (SSSR count). The molecule has 0 bridgehead atoms. The summed E-state index contributed by atoms with van der Waals surface area (Å²) >= 11 is 0. The van der Waals surface area contributed by atoms with E-state index in [1.54, 1.807) is 52.8 Å². The van der Waals surface area contributed by atoms with Gasteiger partial charge >= 0.3 is 11.9 Å². The van der Waals surface area contributed by atoms with E-state index in [9.17, 15) is 34.2 Å². The van der Waals surface area contributed by atoms with E-state index in [0.29, 0.717) is 35.2 Å². The highest BCUT2D eigenvalue weighted by Gasteiger charge is 2.36. The minimum atomic E-state index is -1.57. The second-order valence-corrected chi connectivity index (χ2v) is 14.1. The van der Waals surface area contributed by atoms with Gasteiger partial charge in [-0.25, -0.2) is 14.6 Å². The maximum Gasteiger partial charge on any atom is 0.338 e. The van der Waals surface area contributed by atoms with Crippen molar-refractivity contribution >= 4 is 29.7 Å². The second-order valence-electron chi connectivity index (χ2n) is 14.1. The molecule has 2 aromatic carbocycles. The molecule has 15 nitrogen and oxygen atoms in total. The minimum Gasteiger partial charge on any atom is -0.480 e. The number of aliphatic carboxylic acids is 1. The summed E-state index contributed by atoms with van der Waals surface area (Å²) in [6, 6.07) is 8.71. The van der Waals surface area contributed by atoms with E-state index in [2.05, 4.69) is 25.9 Å². The first-order valence-electron chi connectivity index (χ1n) is 17.7. The van der Waals surface area contributed by atoms with Gasteiger partial charge in [0.15, 0.2) is 0 Å². The number of nitrogens with two attached hydrogens (primary N) is 2. The summed E-state index contributed by atoms with van der Waals surface area (Å²) in [5.74, 6) is -4.65. The highest BCUT2D eigenvalue weighted by Crippen LogP contribution is 2.18. The fourth-order valence-corrected chi connectivity index (χ4v) is 5.55. The van der Waals surface area contributed by atoms with Gasteiger partial charge in [0.1, 0.15) is 23.7 Å². The third-order valence-electron chi connectivity index (χ3n) is 8.75. The van der Waals surface area contributed by atoms with E-state index >= 15 is 0 Å². The number of carboxylic acids is 1. The molecule has 288 valence electrons. The number of benzene rings is 2. The predicted molar refractivity (Wildman–Crippen MR) is 197 cm³/mol. The van der Waals surface area contributed by atoms with Crippen molar-refractivity contribution < 1.29 is 38.9 Å². The van der Waals surface area contributed by atoms with Crippen molar-refractivity contribution in [2.75, 3.05) is 0 Å². The lowest BCUT2D eigenvalue weighted by Crippen LogP contribution is -2.61. The summed E-state index contributed by atoms with van der Waals surface area (Å²) in [7, 11) is 0. The third-order valence-corrected chi connectivity index (χ3v) is 8.75. The monoisotopic (exact) mass is 735 g/mol. The van der Waals surface area contributed by atoms with E-state index in [-0.39, 0.29) is 25.8 Å². The van der Waals surface area contributed by atoms with E-state index in [4.69, 9.17) is 16.2 Å². The molecule has 0 aliphatic rings.